The Balaban J connectivity index is 1.98. The fourth-order valence-corrected chi connectivity index (χ4v) is 2.79. The van der Waals surface area contributed by atoms with Crippen LogP contribution in [0.1, 0.15) is 29.8 Å². The van der Waals surface area contributed by atoms with Crippen LogP contribution in [0.5, 0.6) is 11.5 Å². The monoisotopic (exact) mass is 370 g/mol. The smallest absolute Gasteiger partial charge is 0.238 e. The van der Waals surface area contributed by atoms with Crippen molar-refractivity contribution in [1.29, 1.82) is 0 Å². The molecular weight excluding hydrogens is 344 g/mol. The molecule has 0 aliphatic carbocycles. The molecule has 0 fully saturated rings. The molecule has 0 unspecified atom stereocenters. The van der Waals surface area contributed by atoms with Crippen molar-refractivity contribution in [2.45, 2.75) is 20.4 Å². The molecule has 0 bridgehead atoms. The molecule has 0 aromatic heterocycles. The van der Waals surface area contributed by atoms with Gasteiger partial charge in [0.25, 0.3) is 0 Å². The standard InChI is InChI=1S/C21H26N2O4/c1-5-27-19-11-10-16(12-20(19)26-4)13-23(3)14-21(25)22-18-9-7-6-8-17(18)15(2)24/h6-12H,5,13-14H2,1-4H3,(H,22,25). The summed E-state index contributed by atoms with van der Waals surface area (Å²) in [6, 6.07) is 12.7. The van der Waals surface area contributed by atoms with Gasteiger partial charge in [0.2, 0.25) is 5.91 Å². The van der Waals surface area contributed by atoms with Gasteiger partial charge >= 0.3 is 0 Å². The van der Waals surface area contributed by atoms with Gasteiger partial charge in [-0.1, -0.05) is 18.2 Å². The third-order valence-electron chi connectivity index (χ3n) is 3.97. The second-order valence-corrected chi connectivity index (χ2v) is 6.24. The van der Waals surface area contributed by atoms with Crippen LogP contribution in [-0.4, -0.2) is 43.9 Å². The quantitative estimate of drug-likeness (QED) is 0.686. The van der Waals surface area contributed by atoms with E-state index in [9.17, 15) is 9.59 Å². The number of Topliss-reactive ketones (excluding diaryl/α,β-unsaturated/α-hetero) is 1. The molecule has 6 nitrogen and oxygen atoms in total. The predicted octanol–water partition coefficient (Wildman–Crippen LogP) is 3.37. The maximum absolute atomic E-state index is 12.3. The largest absolute Gasteiger partial charge is 0.493 e. The maximum Gasteiger partial charge on any atom is 0.238 e. The molecule has 0 aliphatic rings. The van der Waals surface area contributed by atoms with Gasteiger partial charge in [-0.15, -0.1) is 0 Å². The zero-order chi connectivity index (χ0) is 19.8. The summed E-state index contributed by atoms with van der Waals surface area (Å²) in [5.41, 5.74) is 2.05. The van der Waals surface area contributed by atoms with Crippen LogP contribution in [0.15, 0.2) is 42.5 Å². The number of anilines is 1. The van der Waals surface area contributed by atoms with E-state index >= 15 is 0 Å². The number of amides is 1. The molecule has 6 heteroatoms. The van der Waals surface area contributed by atoms with E-state index in [1.807, 2.05) is 37.1 Å². The van der Waals surface area contributed by atoms with Crippen molar-refractivity contribution in [3.63, 3.8) is 0 Å². The number of para-hydroxylation sites is 1. The van der Waals surface area contributed by atoms with E-state index in [4.69, 9.17) is 9.47 Å². The molecule has 0 heterocycles. The van der Waals surface area contributed by atoms with Gasteiger partial charge in [-0.25, -0.2) is 0 Å². The molecule has 1 amide bonds. The van der Waals surface area contributed by atoms with Crippen molar-refractivity contribution in [3.8, 4) is 11.5 Å². The van der Waals surface area contributed by atoms with Gasteiger partial charge in [0.05, 0.1) is 25.9 Å². The summed E-state index contributed by atoms with van der Waals surface area (Å²) >= 11 is 0. The summed E-state index contributed by atoms with van der Waals surface area (Å²) in [5.74, 6) is 1.11. The summed E-state index contributed by atoms with van der Waals surface area (Å²) in [4.78, 5) is 25.9. The molecule has 0 atom stereocenters. The summed E-state index contributed by atoms with van der Waals surface area (Å²) in [7, 11) is 3.46. The second-order valence-electron chi connectivity index (χ2n) is 6.24. The number of hydrogen-bond acceptors (Lipinski definition) is 5. The van der Waals surface area contributed by atoms with E-state index in [1.165, 1.54) is 6.92 Å². The molecule has 144 valence electrons. The van der Waals surface area contributed by atoms with E-state index < -0.39 is 0 Å². The van der Waals surface area contributed by atoms with Crippen LogP contribution in [0.3, 0.4) is 0 Å². The van der Waals surface area contributed by atoms with E-state index in [0.717, 1.165) is 5.56 Å². The number of likely N-dealkylation sites (N-methyl/N-ethyl adjacent to an activating group) is 1. The molecule has 0 radical (unpaired) electrons. The van der Waals surface area contributed by atoms with Crippen LogP contribution in [0, 0.1) is 0 Å². The molecule has 0 saturated heterocycles. The Morgan fingerprint density at radius 3 is 2.52 bits per heavy atom. The lowest BCUT2D eigenvalue weighted by molar-refractivity contribution is -0.117. The van der Waals surface area contributed by atoms with Gasteiger partial charge in [-0.05, 0) is 50.7 Å². The third-order valence-corrected chi connectivity index (χ3v) is 3.97. The minimum atomic E-state index is -0.177. The Bertz CT molecular complexity index is 805. The number of benzene rings is 2. The molecule has 0 saturated carbocycles. The number of carbonyl (C=O) groups excluding carboxylic acids is 2. The van der Waals surface area contributed by atoms with E-state index in [1.54, 1.807) is 31.4 Å². The molecule has 1 N–H and O–H groups in total. The minimum Gasteiger partial charge on any atom is -0.493 e. The number of methoxy groups -OCH3 is 1. The van der Waals surface area contributed by atoms with Crippen molar-refractivity contribution in [2.75, 3.05) is 32.6 Å². The number of ketones is 1. The zero-order valence-corrected chi connectivity index (χ0v) is 16.2. The number of rotatable bonds is 9. The first kappa shape index (κ1) is 20.5. The fourth-order valence-electron chi connectivity index (χ4n) is 2.79. The lowest BCUT2D eigenvalue weighted by Gasteiger charge is -2.18. The molecular formula is C21H26N2O4. The Labute approximate surface area is 160 Å². The van der Waals surface area contributed by atoms with Crippen molar-refractivity contribution >= 4 is 17.4 Å². The molecule has 27 heavy (non-hydrogen) atoms. The Hall–Kier alpha value is -2.86. The number of nitrogens with zero attached hydrogens (tertiary/aromatic N) is 1. The van der Waals surface area contributed by atoms with Crippen LogP contribution in [-0.2, 0) is 11.3 Å². The maximum atomic E-state index is 12.3. The van der Waals surface area contributed by atoms with Crippen LogP contribution in [0.4, 0.5) is 5.69 Å². The van der Waals surface area contributed by atoms with Crippen LogP contribution in [0.2, 0.25) is 0 Å². The van der Waals surface area contributed by atoms with Crippen LogP contribution < -0.4 is 14.8 Å². The average Bonchev–Trinajstić information content (AvgIpc) is 2.63. The normalized spacial score (nSPS) is 10.6. The summed E-state index contributed by atoms with van der Waals surface area (Å²) in [5, 5.41) is 2.81. The fraction of sp³-hybridized carbons (Fsp3) is 0.333. The predicted molar refractivity (Wildman–Crippen MR) is 106 cm³/mol. The SMILES string of the molecule is CCOc1ccc(CN(C)CC(=O)Nc2ccccc2C(C)=O)cc1OC. The van der Waals surface area contributed by atoms with Gasteiger partial charge in [-0.3, -0.25) is 14.5 Å². The highest BCUT2D eigenvalue weighted by Crippen LogP contribution is 2.28. The first-order valence-corrected chi connectivity index (χ1v) is 8.82. The number of hydrogen-bond donors (Lipinski definition) is 1. The Kier molecular flexibility index (Phi) is 7.37. The van der Waals surface area contributed by atoms with Gasteiger partial charge in [0.15, 0.2) is 17.3 Å². The molecule has 0 aliphatic heterocycles. The highest BCUT2D eigenvalue weighted by Gasteiger charge is 2.13. The Morgan fingerprint density at radius 2 is 1.85 bits per heavy atom. The lowest BCUT2D eigenvalue weighted by Crippen LogP contribution is -2.30. The topological polar surface area (TPSA) is 67.9 Å². The van der Waals surface area contributed by atoms with E-state index in [2.05, 4.69) is 5.32 Å². The summed E-state index contributed by atoms with van der Waals surface area (Å²) in [6.07, 6.45) is 0. The van der Waals surface area contributed by atoms with E-state index in [-0.39, 0.29) is 18.2 Å². The van der Waals surface area contributed by atoms with E-state index in [0.29, 0.717) is 35.9 Å². The van der Waals surface area contributed by atoms with Gasteiger partial charge in [0, 0.05) is 12.1 Å². The van der Waals surface area contributed by atoms with Crippen molar-refractivity contribution < 1.29 is 19.1 Å². The van der Waals surface area contributed by atoms with Gasteiger partial charge < -0.3 is 14.8 Å². The Morgan fingerprint density at radius 1 is 1.11 bits per heavy atom. The molecule has 2 aromatic carbocycles. The van der Waals surface area contributed by atoms with Crippen LogP contribution >= 0.6 is 0 Å². The summed E-state index contributed by atoms with van der Waals surface area (Å²) in [6.45, 7) is 4.74. The van der Waals surface area contributed by atoms with Crippen molar-refractivity contribution in [2.24, 2.45) is 0 Å². The van der Waals surface area contributed by atoms with Crippen LogP contribution in [0.25, 0.3) is 0 Å². The average molecular weight is 370 g/mol. The first-order chi connectivity index (χ1) is 12.9. The molecule has 2 aromatic rings. The first-order valence-electron chi connectivity index (χ1n) is 8.82. The molecule has 2 rings (SSSR count). The van der Waals surface area contributed by atoms with Crippen molar-refractivity contribution in [1.82, 2.24) is 4.90 Å². The van der Waals surface area contributed by atoms with Gasteiger partial charge in [-0.2, -0.15) is 0 Å². The zero-order valence-electron chi connectivity index (χ0n) is 16.2. The van der Waals surface area contributed by atoms with Gasteiger partial charge in [0.1, 0.15) is 0 Å². The molecule has 0 spiro atoms. The highest BCUT2D eigenvalue weighted by atomic mass is 16.5. The second kappa shape index (κ2) is 9.73. The van der Waals surface area contributed by atoms with Crippen molar-refractivity contribution in [3.05, 3.63) is 53.6 Å². The minimum absolute atomic E-state index is 0.0827. The lowest BCUT2D eigenvalue weighted by atomic mass is 10.1. The number of ether oxygens (including phenoxy) is 2. The highest BCUT2D eigenvalue weighted by molar-refractivity contribution is 6.04. The number of nitrogens with one attached hydrogen (secondary N) is 1. The third kappa shape index (κ3) is 5.82. The number of carbonyl (C=O) groups is 2. The summed E-state index contributed by atoms with van der Waals surface area (Å²) < 4.78 is 10.9.